The first-order chi connectivity index (χ1) is 6.27. The van der Waals surface area contributed by atoms with Crippen LogP contribution in [0.5, 0.6) is 0 Å². The minimum atomic E-state index is 0.479. The fourth-order valence-corrected chi connectivity index (χ4v) is 1.39. The molecule has 2 heteroatoms. The van der Waals surface area contributed by atoms with Crippen molar-refractivity contribution in [2.45, 2.75) is 39.8 Å². The van der Waals surface area contributed by atoms with Crippen LogP contribution in [0.1, 0.15) is 38.8 Å². The summed E-state index contributed by atoms with van der Waals surface area (Å²) in [6.45, 7) is 8.72. The molecule has 0 aliphatic rings. The highest BCUT2D eigenvalue weighted by atomic mass is 14.9. The topological polar surface area (TPSA) is 17.0 Å². The number of aromatic nitrogens is 1. The Morgan fingerprint density at radius 2 is 2.23 bits per heavy atom. The van der Waals surface area contributed by atoms with Gasteiger partial charge in [-0.15, -0.1) is 0 Å². The quantitative estimate of drug-likeness (QED) is 0.737. The second-order valence-corrected chi connectivity index (χ2v) is 3.45. The zero-order valence-corrected chi connectivity index (χ0v) is 8.88. The number of nitrogens with one attached hydrogen (secondary N) is 1. The molecule has 0 amide bonds. The maximum atomic E-state index is 3.47. The smallest absolute Gasteiger partial charge is 0.0306 e. The Balaban J connectivity index is 2.50. The van der Waals surface area contributed by atoms with Gasteiger partial charge in [-0.3, -0.25) is 0 Å². The lowest BCUT2D eigenvalue weighted by atomic mass is 10.2. The summed E-state index contributed by atoms with van der Waals surface area (Å²) in [7, 11) is 0. The summed E-state index contributed by atoms with van der Waals surface area (Å²) in [4.78, 5) is 0. The minimum absolute atomic E-state index is 0.479. The van der Waals surface area contributed by atoms with Crippen LogP contribution in [0.4, 0.5) is 0 Å². The molecule has 1 heterocycles. The van der Waals surface area contributed by atoms with Gasteiger partial charge in [-0.25, -0.2) is 0 Å². The molecule has 1 atom stereocenters. The van der Waals surface area contributed by atoms with Crippen LogP contribution in [0.25, 0.3) is 0 Å². The number of hydrogen-bond acceptors (Lipinski definition) is 1. The van der Waals surface area contributed by atoms with Crippen LogP contribution >= 0.6 is 0 Å². The lowest BCUT2D eigenvalue weighted by Gasteiger charge is -2.10. The first-order valence-corrected chi connectivity index (χ1v) is 5.17. The van der Waals surface area contributed by atoms with Crippen LogP contribution in [0.15, 0.2) is 18.5 Å². The Bertz CT molecular complexity index is 240. The zero-order chi connectivity index (χ0) is 9.68. The highest BCUT2D eigenvalue weighted by Gasteiger charge is 2.04. The van der Waals surface area contributed by atoms with Crippen LogP contribution in [0.3, 0.4) is 0 Å². The monoisotopic (exact) mass is 180 g/mol. The first kappa shape index (κ1) is 10.3. The standard InChI is InChI=1S/C11H20N2/c1-4-7-12-10(3)11-6-8-13(5-2)9-11/h6,8-10,12H,4-5,7H2,1-3H3/t10-/m0/s1. The fourth-order valence-electron chi connectivity index (χ4n) is 1.39. The molecule has 74 valence electrons. The van der Waals surface area contributed by atoms with Gasteiger partial charge in [0.2, 0.25) is 0 Å². The molecule has 1 rings (SSSR count). The van der Waals surface area contributed by atoms with Crippen molar-refractivity contribution < 1.29 is 0 Å². The van der Waals surface area contributed by atoms with Crippen molar-refractivity contribution in [2.75, 3.05) is 6.54 Å². The molecule has 13 heavy (non-hydrogen) atoms. The molecule has 2 nitrogen and oxygen atoms in total. The molecule has 0 saturated heterocycles. The van der Waals surface area contributed by atoms with Crippen LogP contribution in [-0.2, 0) is 6.54 Å². The molecule has 0 aliphatic carbocycles. The average Bonchev–Trinajstić information content (AvgIpc) is 2.62. The van der Waals surface area contributed by atoms with E-state index in [9.17, 15) is 0 Å². The van der Waals surface area contributed by atoms with Crippen molar-refractivity contribution >= 4 is 0 Å². The Morgan fingerprint density at radius 3 is 2.77 bits per heavy atom. The summed E-state index contributed by atoms with van der Waals surface area (Å²) >= 11 is 0. The Labute approximate surface area is 81.0 Å². The van der Waals surface area contributed by atoms with Gasteiger partial charge >= 0.3 is 0 Å². The second kappa shape index (κ2) is 5.07. The molecule has 0 saturated carbocycles. The molecule has 0 aromatic carbocycles. The van der Waals surface area contributed by atoms with E-state index in [0.29, 0.717) is 6.04 Å². The van der Waals surface area contributed by atoms with Gasteiger partial charge in [-0.2, -0.15) is 0 Å². The molecule has 1 aromatic rings. The Hall–Kier alpha value is -0.760. The maximum absolute atomic E-state index is 3.47. The molecular weight excluding hydrogens is 160 g/mol. The number of aryl methyl sites for hydroxylation is 1. The van der Waals surface area contributed by atoms with Crippen LogP contribution < -0.4 is 5.32 Å². The predicted octanol–water partition coefficient (Wildman–Crippen LogP) is 2.57. The third-order valence-electron chi connectivity index (χ3n) is 2.34. The molecule has 0 unspecified atom stereocenters. The summed E-state index contributed by atoms with van der Waals surface area (Å²) in [5.41, 5.74) is 1.38. The van der Waals surface area contributed by atoms with Gasteiger partial charge in [0.05, 0.1) is 0 Å². The van der Waals surface area contributed by atoms with Gasteiger partial charge < -0.3 is 9.88 Å². The Morgan fingerprint density at radius 1 is 1.46 bits per heavy atom. The number of hydrogen-bond donors (Lipinski definition) is 1. The van der Waals surface area contributed by atoms with E-state index in [1.165, 1.54) is 12.0 Å². The van der Waals surface area contributed by atoms with Crippen molar-refractivity contribution in [3.05, 3.63) is 24.0 Å². The van der Waals surface area contributed by atoms with E-state index < -0.39 is 0 Å². The normalized spacial score (nSPS) is 13.2. The van der Waals surface area contributed by atoms with Gasteiger partial charge in [-0.05, 0) is 38.4 Å². The van der Waals surface area contributed by atoms with E-state index in [0.717, 1.165) is 13.1 Å². The van der Waals surface area contributed by atoms with E-state index in [1.54, 1.807) is 0 Å². The van der Waals surface area contributed by atoms with Gasteiger partial charge in [-0.1, -0.05) is 6.92 Å². The molecule has 0 bridgehead atoms. The minimum Gasteiger partial charge on any atom is -0.354 e. The van der Waals surface area contributed by atoms with Crippen LogP contribution in [0, 0.1) is 0 Å². The molecule has 0 spiro atoms. The van der Waals surface area contributed by atoms with Crippen molar-refractivity contribution in [3.63, 3.8) is 0 Å². The molecule has 1 aromatic heterocycles. The summed E-state index contributed by atoms with van der Waals surface area (Å²) in [5, 5.41) is 3.47. The summed E-state index contributed by atoms with van der Waals surface area (Å²) < 4.78 is 2.21. The first-order valence-electron chi connectivity index (χ1n) is 5.17. The largest absolute Gasteiger partial charge is 0.354 e. The van der Waals surface area contributed by atoms with E-state index in [1.807, 2.05) is 0 Å². The van der Waals surface area contributed by atoms with Gasteiger partial charge in [0.15, 0.2) is 0 Å². The third kappa shape index (κ3) is 2.88. The number of nitrogens with zero attached hydrogens (tertiary/aromatic N) is 1. The molecular formula is C11H20N2. The second-order valence-electron chi connectivity index (χ2n) is 3.45. The molecule has 1 N–H and O–H groups in total. The van der Waals surface area contributed by atoms with Crippen molar-refractivity contribution in [3.8, 4) is 0 Å². The lowest BCUT2D eigenvalue weighted by molar-refractivity contribution is 0.569. The van der Waals surface area contributed by atoms with Crippen molar-refractivity contribution in [1.82, 2.24) is 9.88 Å². The van der Waals surface area contributed by atoms with Crippen LogP contribution in [-0.4, -0.2) is 11.1 Å². The van der Waals surface area contributed by atoms with E-state index in [2.05, 4.69) is 49.1 Å². The van der Waals surface area contributed by atoms with Crippen molar-refractivity contribution in [2.24, 2.45) is 0 Å². The van der Waals surface area contributed by atoms with Crippen LogP contribution in [0.2, 0.25) is 0 Å². The molecule has 0 radical (unpaired) electrons. The maximum Gasteiger partial charge on any atom is 0.0306 e. The zero-order valence-electron chi connectivity index (χ0n) is 8.88. The fraction of sp³-hybridized carbons (Fsp3) is 0.636. The SMILES string of the molecule is CCCN[C@@H](C)c1ccn(CC)c1. The highest BCUT2D eigenvalue weighted by Crippen LogP contribution is 2.12. The van der Waals surface area contributed by atoms with E-state index >= 15 is 0 Å². The summed E-state index contributed by atoms with van der Waals surface area (Å²) in [5.74, 6) is 0. The predicted molar refractivity (Wildman–Crippen MR) is 56.8 cm³/mol. The van der Waals surface area contributed by atoms with Crippen molar-refractivity contribution in [1.29, 1.82) is 0 Å². The van der Waals surface area contributed by atoms with Gasteiger partial charge in [0.25, 0.3) is 0 Å². The summed E-state index contributed by atoms with van der Waals surface area (Å²) in [6, 6.07) is 2.67. The summed E-state index contributed by atoms with van der Waals surface area (Å²) in [6.07, 6.45) is 5.55. The Kier molecular flexibility index (Phi) is 4.03. The molecule has 0 fully saturated rings. The number of rotatable bonds is 5. The average molecular weight is 180 g/mol. The molecule has 0 aliphatic heterocycles. The van der Waals surface area contributed by atoms with Gasteiger partial charge in [0.1, 0.15) is 0 Å². The lowest BCUT2D eigenvalue weighted by Crippen LogP contribution is -2.18. The highest BCUT2D eigenvalue weighted by molar-refractivity contribution is 5.14. The van der Waals surface area contributed by atoms with Gasteiger partial charge in [0, 0.05) is 25.0 Å². The van der Waals surface area contributed by atoms with E-state index in [-0.39, 0.29) is 0 Å². The van der Waals surface area contributed by atoms with E-state index in [4.69, 9.17) is 0 Å². The third-order valence-corrected chi connectivity index (χ3v) is 2.34.